The number of halogens is 1. The van der Waals surface area contributed by atoms with Crippen LogP contribution in [0.2, 0.25) is 0 Å². The van der Waals surface area contributed by atoms with Crippen molar-refractivity contribution in [3.8, 4) is 0 Å². The smallest absolute Gasteiger partial charge is 0.159 e. The van der Waals surface area contributed by atoms with E-state index in [1.165, 1.54) is 12.4 Å². The molecule has 0 saturated carbocycles. The summed E-state index contributed by atoms with van der Waals surface area (Å²) in [6.07, 6.45) is 3.57. The van der Waals surface area contributed by atoms with Crippen molar-refractivity contribution in [2.24, 2.45) is 0 Å². The van der Waals surface area contributed by atoms with Crippen LogP contribution in [-0.4, -0.2) is 23.6 Å². The average Bonchev–Trinajstić information content (AvgIpc) is 2.49. The predicted octanol–water partition coefficient (Wildman–Crippen LogP) is 3.18. The molecule has 1 heterocycles. The molecule has 0 bridgehead atoms. The molecule has 0 aliphatic carbocycles. The number of aromatic nitrogens is 2. The number of nitrogens with two attached hydrogens (primary N) is 1. The molecule has 6 heteroatoms. The number of para-hydroxylation sites is 1. The van der Waals surface area contributed by atoms with Crippen LogP contribution in [-0.2, 0) is 0 Å². The van der Waals surface area contributed by atoms with Crippen molar-refractivity contribution in [3.05, 3.63) is 36.4 Å². The van der Waals surface area contributed by atoms with Crippen LogP contribution in [0.25, 0.3) is 0 Å². The zero-order valence-electron chi connectivity index (χ0n) is 12.3. The predicted molar refractivity (Wildman–Crippen MR) is 84.3 cm³/mol. The van der Waals surface area contributed by atoms with Gasteiger partial charge in [-0.2, -0.15) is 0 Å². The maximum Gasteiger partial charge on any atom is 0.159 e. The van der Waals surface area contributed by atoms with E-state index in [9.17, 15) is 4.39 Å². The van der Waals surface area contributed by atoms with E-state index in [-0.39, 0.29) is 5.82 Å². The van der Waals surface area contributed by atoms with Gasteiger partial charge in [-0.05, 0) is 18.6 Å². The van der Waals surface area contributed by atoms with Gasteiger partial charge in [0, 0.05) is 13.6 Å². The minimum Gasteiger partial charge on any atom is -0.393 e. The molecule has 2 aromatic rings. The molecule has 21 heavy (non-hydrogen) atoms. The Morgan fingerprint density at radius 1 is 1.29 bits per heavy atom. The second kappa shape index (κ2) is 6.88. The molecular weight excluding hydrogens is 269 g/mol. The summed E-state index contributed by atoms with van der Waals surface area (Å²) in [5.41, 5.74) is 6.86. The van der Waals surface area contributed by atoms with Gasteiger partial charge in [-0.15, -0.1) is 0 Å². The second-order valence-corrected chi connectivity index (χ2v) is 4.84. The third-order valence-electron chi connectivity index (χ3n) is 3.20. The van der Waals surface area contributed by atoms with Crippen LogP contribution < -0.4 is 16.0 Å². The molecule has 2 rings (SSSR count). The monoisotopic (exact) mass is 289 g/mol. The fourth-order valence-corrected chi connectivity index (χ4v) is 1.98. The van der Waals surface area contributed by atoms with Crippen molar-refractivity contribution in [2.45, 2.75) is 19.8 Å². The summed E-state index contributed by atoms with van der Waals surface area (Å²) in [5, 5.41) is 2.91. The second-order valence-electron chi connectivity index (χ2n) is 4.84. The highest BCUT2D eigenvalue weighted by atomic mass is 19.1. The zero-order chi connectivity index (χ0) is 15.2. The summed E-state index contributed by atoms with van der Waals surface area (Å²) in [4.78, 5) is 10.3. The van der Waals surface area contributed by atoms with Gasteiger partial charge >= 0.3 is 0 Å². The SMILES string of the molecule is CCCCN(C)c1ncnc(Nc2ccccc2F)c1N. The molecule has 112 valence electrons. The topological polar surface area (TPSA) is 67.1 Å². The normalized spacial score (nSPS) is 10.4. The number of nitrogens with zero attached hydrogens (tertiary/aromatic N) is 3. The number of nitrogens with one attached hydrogen (secondary N) is 1. The van der Waals surface area contributed by atoms with Crippen molar-refractivity contribution >= 4 is 23.0 Å². The fraction of sp³-hybridized carbons (Fsp3) is 0.333. The van der Waals surface area contributed by atoms with Crippen LogP contribution >= 0.6 is 0 Å². The van der Waals surface area contributed by atoms with Crippen molar-refractivity contribution in [1.29, 1.82) is 0 Å². The third kappa shape index (κ3) is 3.59. The zero-order valence-corrected chi connectivity index (χ0v) is 12.3. The molecule has 1 aromatic carbocycles. The molecule has 3 N–H and O–H groups in total. The largest absolute Gasteiger partial charge is 0.393 e. The highest BCUT2D eigenvalue weighted by molar-refractivity contribution is 5.78. The Morgan fingerprint density at radius 3 is 2.76 bits per heavy atom. The van der Waals surface area contributed by atoms with E-state index in [1.54, 1.807) is 18.2 Å². The first-order chi connectivity index (χ1) is 10.1. The standard InChI is InChI=1S/C15H20FN5/c1-3-4-9-21(2)15-13(17)14(18-10-19-15)20-12-8-6-5-7-11(12)16/h5-8,10H,3-4,9,17H2,1-2H3,(H,18,19,20). The fourth-order valence-electron chi connectivity index (χ4n) is 1.98. The summed E-state index contributed by atoms with van der Waals surface area (Å²) in [6.45, 7) is 2.99. The van der Waals surface area contributed by atoms with Crippen LogP contribution in [0.5, 0.6) is 0 Å². The van der Waals surface area contributed by atoms with Gasteiger partial charge in [0.2, 0.25) is 0 Å². The molecule has 0 saturated heterocycles. The summed E-state index contributed by atoms with van der Waals surface area (Å²) < 4.78 is 13.7. The summed E-state index contributed by atoms with van der Waals surface area (Å²) in [6, 6.07) is 6.40. The van der Waals surface area contributed by atoms with E-state index >= 15 is 0 Å². The Bertz CT molecular complexity index is 602. The molecule has 5 nitrogen and oxygen atoms in total. The van der Waals surface area contributed by atoms with Crippen LogP contribution in [0.1, 0.15) is 19.8 Å². The molecule has 0 amide bonds. The highest BCUT2D eigenvalue weighted by Gasteiger charge is 2.13. The molecule has 0 atom stereocenters. The van der Waals surface area contributed by atoms with E-state index in [0.717, 1.165) is 19.4 Å². The van der Waals surface area contributed by atoms with Gasteiger partial charge in [0.15, 0.2) is 11.6 Å². The van der Waals surface area contributed by atoms with Gasteiger partial charge in [-0.1, -0.05) is 25.5 Å². The number of benzene rings is 1. The van der Waals surface area contributed by atoms with Crippen molar-refractivity contribution in [2.75, 3.05) is 29.5 Å². The van der Waals surface area contributed by atoms with Gasteiger partial charge in [-0.3, -0.25) is 0 Å². The van der Waals surface area contributed by atoms with Crippen molar-refractivity contribution in [3.63, 3.8) is 0 Å². The lowest BCUT2D eigenvalue weighted by atomic mass is 10.3. The van der Waals surface area contributed by atoms with E-state index in [0.29, 0.717) is 23.0 Å². The van der Waals surface area contributed by atoms with Crippen molar-refractivity contribution in [1.82, 2.24) is 9.97 Å². The minimum absolute atomic E-state index is 0.338. The lowest BCUT2D eigenvalue weighted by molar-refractivity contribution is 0.632. The Balaban J connectivity index is 2.23. The summed E-state index contributed by atoms with van der Waals surface area (Å²) in [5.74, 6) is 0.710. The first-order valence-electron chi connectivity index (χ1n) is 6.96. The Morgan fingerprint density at radius 2 is 2.05 bits per heavy atom. The van der Waals surface area contributed by atoms with Gasteiger partial charge in [0.25, 0.3) is 0 Å². The van der Waals surface area contributed by atoms with Gasteiger partial charge in [0.1, 0.15) is 17.8 Å². The first kappa shape index (κ1) is 15.0. The van der Waals surface area contributed by atoms with Crippen LogP contribution in [0.3, 0.4) is 0 Å². The molecule has 0 radical (unpaired) electrons. The number of anilines is 4. The maximum atomic E-state index is 13.7. The average molecular weight is 289 g/mol. The highest BCUT2D eigenvalue weighted by Crippen LogP contribution is 2.28. The van der Waals surface area contributed by atoms with E-state index in [2.05, 4.69) is 22.2 Å². The lowest BCUT2D eigenvalue weighted by Gasteiger charge is -2.20. The maximum absolute atomic E-state index is 13.7. The molecule has 0 unspecified atom stereocenters. The minimum atomic E-state index is -0.351. The number of hydrogen-bond donors (Lipinski definition) is 2. The van der Waals surface area contributed by atoms with E-state index in [4.69, 9.17) is 5.73 Å². The molecular formula is C15H20FN5. The quantitative estimate of drug-likeness (QED) is 0.855. The van der Waals surface area contributed by atoms with Gasteiger partial charge in [0.05, 0.1) is 5.69 Å². The van der Waals surface area contributed by atoms with Gasteiger partial charge in [-0.25, -0.2) is 14.4 Å². The Hall–Kier alpha value is -2.37. The Kier molecular flexibility index (Phi) is 4.92. The number of rotatable bonds is 6. The van der Waals surface area contributed by atoms with Crippen molar-refractivity contribution < 1.29 is 4.39 Å². The summed E-state index contributed by atoms with van der Waals surface area (Å²) in [7, 11) is 1.93. The van der Waals surface area contributed by atoms with Gasteiger partial charge < -0.3 is 16.0 Å². The van der Waals surface area contributed by atoms with Crippen LogP contribution in [0.15, 0.2) is 30.6 Å². The number of hydrogen-bond acceptors (Lipinski definition) is 5. The molecule has 0 aliphatic rings. The molecule has 0 fully saturated rings. The number of unbranched alkanes of at least 4 members (excludes halogenated alkanes) is 1. The third-order valence-corrected chi connectivity index (χ3v) is 3.20. The lowest BCUT2D eigenvalue weighted by Crippen LogP contribution is -2.21. The molecule has 0 spiro atoms. The van der Waals surface area contributed by atoms with Crippen LogP contribution in [0.4, 0.5) is 27.4 Å². The number of nitrogen functional groups attached to an aromatic ring is 1. The van der Waals surface area contributed by atoms with E-state index in [1.807, 2.05) is 11.9 Å². The Labute approximate surface area is 124 Å². The first-order valence-corrected chi connectivity index (χ1v) is 6.96. The molecule has 0 aliphatic heterocycles. The summed E-state index contributed by atoms with van der Waals surface area (Å²) >= 11 is 0. The van der Waals surface area contributed by atoms with E-state index < -0.39 is 0 Å². The molecule has 1 aromatic heterocycles. The van der Waals surface area contributed by atoms with Crippen LogP contribution in [0, 0.1) is 5.82 Å².